The zero-order valence-electron chi connectivity index (χ0n) is 14.1. The summed E-state index contributed by atoms with van der Waals surface area (Å²) >= 11 is 0. The molecule has 0 unspecified atom stereocenters. The summed E-state index contributed by atoms with van der Waals surface area (Å²) < 4.78 is 0. The second-order valence-corrected chi connectivity index (χ2v) is 5.38. The van der Waals surface area contributed by atoms with E-state index in [1.54, 1.807) is 12.1 Å². The zero-order valence-corrected chi connectivity index (χ0v) is 14.1. The Hall–Kier alpha value is -2.90. The number of anilines is 1. The Labute approximate surface area is 146 Å². The predicted molar refractivity (Wildman–Crippen MR) is 92.2 cm³/mol. The lowest BCUT2D eigenvalue weighted by Crippen LogP contribution is -2.26. The lowest BCUT2D eigenvalue weighted by atomic mass is 10.2. The Morgan fingerprint density at radius 2 is 1.52 bits per heavy atom. The average molecular weight is 349 g/mol. The van der Waals surface area contributed by atoms with Gasteiger partial charge in [0.05, 0.1) is 6.42 Å². The molecule has 0 aliphatic carbocycles. The van der Waals surface area contributed by atoms with Crippen molar-refractivity contribution in [3.8, 4) is 0 Å². The normalized spacial score (nSPS) is 9.96. The van der Waals surface area contributed by atoms with Crippen LogP contribution in [0.2, 0.25) is 0 Å². The quantitative estimate of drug-likeness (QED) is 0.504. The third-order valence-corrected chi connectivity index (χ3v) is 3.21. The second-order valence-electron chi connectivity index (χ2n) is 5.38. The van der Waals surface area contributed by atoms with E-state index in [0.717, 1.165) is 6.42 Å². The number of nitrogens with one attached hydrogen (secondary N) is 3. The van der Waals surface area contributed by atoms with Crippen LogP contribution in [0, 0.1) is 0 Å². The highest BCUT2D eigenvalue weighted by Crippen LogP contribution is 2.10. The van der Waals surface area contributed by atoms with Crippen LogP contribution in [0.25, 0.3) is 0 Å². The van der Waals surface area contributed by atoms with E-state index in [1.807, 2.05) is 6.92 Å². The molecule has 0 saturated carbocycles. The van der Waals surface area contributed by atoms with Crippen molar-refractivity contribution in [2.45, 2.75) is 32.6 Å². The largest absolute Gasteiger partial charge is 0.481 e. The Balaban J connectivity index is 2.40. The van der Waals surface area contributed by atoms with E-state index >= 15 is 0 Å². The van der Waals surface area contributed by atoms with E-state index < -0.39 is 5.97 Å². The van der Waals surface area contributed by atoms with Gasteiger partial charge in [-0.15, -0.1) is 0 Å². The Morgan fingerprint density at radius 3 is 2.12 bits per heavy atom. The highest BCUT2D eigenvalue weighted by Gasteiger charge is 2.09. The molecule has 8 heteroatoms. The number of rotatable bonds is 10. The molecule has 0 atom stereocenters. The maximum Gasteiger partial charge on any atom is 0.305 e. The van der Waals surface area contributed by atoms with Gasteiger partial charge in [0.1, 0.15) is 0 Å². The first-order chi connectivity index (χ1) is 11.9. The van der Waals surface area contributed by atoms with Crippen molar-refractivity contribution in [1.29, 1.82) is 0 Å². The van der Waals surface area contributed by atoms with Gasteiger partial charge in [-0.05, 0) is 30.7 Å². The summed E-state index contributed by atoms with van der Waals surface area (Å²) in [4.78, 5) is 45.4. The number of carboxylic acids is 1. The Morgan fingerprint density at radius 1 is 0.880 bits per heavy atom. The van der Waals surface area contributed by atoms with Gasteiger partial charge in [0.25, 0.3) is 5.91 Å². The van der Waals surface area contributed by atoms with Crippen LogP contribution in [-0.2, 0) is 14.4 Å². The van der Waals surface area contributed by atoms with Crippen LogP contribution >= 0.6 is 0 Å². The number of hydrogen-bond donors (Lipinski definition) is 4. The third-order valence-electron chi connectivity index (χ3n) is 3.21. The molecule has 0 aliphatic heterocycles. The van der Waals surface area contributed by atoms with Gasteiger partial charge < -0.3 is 21.1 Å². The van der Waals surface area contributed by atoms with Crippen molar-refractivity contribution in [2.75, 3.05) is 18.4 Å². The third kappa shape index (κ3) is 8.50. The summed E-state index contributed by atoms with van der Waals surface area (Å²) in [6.45, 7) is 2.59. The first-order valence-electron chi connectivity index (χ1n) is 8.09. The first-order valence-corrected chi connectivity index (χ1v) is 8.09. The number of carboxylic acid groups (broad SMARTS) is 1. The molecule has 0 spiro atoms. The average Bonchev–Trinajstić information content (AvgIpc) is 2.58. The second kappa shape index (κ2) is 10.8. The molecule has 8 nitrogen and oxygen atoms in total. The van der Waals surface area contributed by atoms with Crippen molar-refractivity contribution in [3.63, 3.8) is 0 Å². The minimum Gasteiger partial charge on any atom is -0.481 e. The number of carbonyl (C=O) groups excluding carboxylic acids is 3. The van der Waals surface area contributed by atoms with Crippen LogP contribution in [0.5, 0.6) is 0 Å². The van der Waals surface area contributed by atoms with E-state index in [1.165, 1.54) is 12.1 Å². The van der Waals surface area contributed by atoms with Crippen molar-refractivity contribution in [1.82, 2.24) is 10.6 Å². The number of benzene rings is 1. The predicted octanol–water partition coefficient (Wildman–Crippen LogP) is 1.14. The molecule has 136 valence electrons. The van der Waals surface area contributed by atoms with Crippen molar-refractivity contribution >= 4 is 29.4 Å². The van der Waals surface area contributed by atoms with Crippen molar-refractivity contribution < 1.29 is 24.3 Å². The van der Waals surface area contributed by atoms with Crippen LogP contribution in [0.15, 0.2) is 24.3 Å². The molecule has 1 aromatic rings. The molecular weight excluding hydrogens is 326 g/mol. The molecule has 0 saturated heterocycles. The van der Waals surface area contributed by atoms with Crippen LogP contribution in [-0.4, -0.2) is 41.9 Å². The highest BCUT2D eigenvalue weighted by atomic mass is 16.4. The molecular formula is C17H23N3O5. The Bertz CT molecular complexity index is 613. The minimum absolute atomic E-state index is 0.0484. The van der Waals surface area contributed by atoms with Crippen LogP contribution in [0.4, 0.5) is 5.69 Å². The molecule has 0 radical (unpaired) electrons. The lowest BCUT2D eigenvalue weighted by molar-refractivity contribution is -0.136. The number of carbonyl (C=O) groups is 4. The van der Waals surface area contributed by atoms with E-state index in [9.17, 15) is 19.2 Å². The van der Waals surface area contributed by atoms with Gasteiger partial charge in [0.15, 0.2) is 0 Å². The fraction of sp³-hybridized carbons (Fsp3) is 0.412. The SMILES string of the molecule is CCCNC(=O)CCC(=O)Nc1ccc(C(=O)NCCC(=O)O)cc1. The molecule has 0 bridgehead atoms. The molecule has 0 heterocycles. The summed E-state index contributed by atoms with van der Waals surface area (Å²) in [5, 5.41) is 16.4. The summed E-state index contributed by atoms with van der Waals surface area (Å²) in [5.74, 6) is -1.82. The molecule has 3 amide bonds. The number of aliphatic carboxylic acids is 1. The van der Waals surface area contributed by atoms with Crippen molar-refractivity contribution in [3.05, 3.63) is 29.8 Å². The molecule has 0 aromatic heterocycles. The summed E-state index contributed by atoms with van der Waals surface area (Å²) in [6.07, 6.45) is 0.892. The number of amides is 3. The molecule has 0 aliphatic rings. The Kier molecular flexibility index (Phi) is 8.70. The lowest BCUT2D eigenvalue weighted by Gasteiger charge is -2.07. The van der Waals surface area contributed by atoms with Gasteiger partial charge in [-0.1, -0.05) is 6.92 Å². The fourth-order valence-corrected chi connectivity index (χ4v) is 1.89. The smallest absolute Gasteiger partial charge is 0.305 e. The molecule has 0 fully saturated rings. The topological polar surface area (TPSA) is 125 Å². The van der Waals surface area contributed by atoms with Crippen LogP contribution in [0.3, 0.4) is 0 Å². The van der Waals surface area contributed by atoms with Crippen LogP contribution < -0.4 is 16.0 Å². The van der Waals surface area contributed by atoms with Crippen LogP contribution in [0.1, 0.15) is 43.0 Å². The molecule has 4 N–H and O–H groups in total. The number of hydrogen-bond acceptors (Lipinski definition) is 4. The first kappa shape index (κ1) is 20.1. The standard InChI is InChI=1S/C17H23N3O5/c1-2-10-18-14(21)7-8-15(22)20-13-5-3-12(4-6-13)17(25)19-11-9-16(23)24/h3-6H,2,7-11H2,1H3,(H,18,21)(H,19,25)(H,20,22)(H,23,24). The van der Waals surface area contributed by atoms with Gasteiger partial charge in [0.2, 0.25) is 11.8 Å². The molecule has 1 rings (SSSR count). The fourth-order valence-electron chi connectivity index (χ4n) is 1.89. The summed E-state index contributed by atoms with van der Waals surface area (Å²) in [6, 6.07) is 6.20. The van der Waals surface area contributed by atoms with Gasteiger partial charge in [-0.3, -0.25) is 19.2 Å². The molecule has 25 heavy (non-hydrogen) atoms. The van der Waals surface area contributed by atoms with E-state index in [-0.39, 0.29) is 43.5 Å². The summed E-state index contributed by atoms with van der Waals surface area (Å²) in [5.41, 5.74) is 0.878. The monoisotopic (exact) mass is 349 g/mol. The van der Waals surface area contributed by atoms with E-state index in [4.69, 9.17) is 5.11 Å². The molecule has 1 aromatic carbocycles. The minimum atomic E-state index is -0.985. The van der Waals surface area contributed by atoms with Gasteiger partial charge in [0, 0.05) is 37.2 Å². The van der Waals surface area contributed by atoms with Gasteiger partial charge >= 0.3 is 5.97 Å². The van der Waals surface area contributed by atoms with E-state index in [0.29, 0.717) is 17.8 Å². The van der Waals surface area contributed by atoms with Gasteiger partial charge in [-0.2, -0.15) is 0 Å². The van der Waals surface area contributed by atoms with Gasteiger partial charge in [-0.25, -0.2) is 0 Å². The highest BCUT2D eigenvalue weighted by molar-refractivity contribution is 5.96. The van der Waals surface area contributed by atoms with Crippen molar-refractivity contribution in [2.24, 2.45) is 0 Å². The zero-order chi connectivity index (χ0) is 18.7. The maximum atomic E-state index is 11.8. The van der Waals surface area contributed by atoms with E-state index in [2.05, 4.69) is 16.0 Å². The maximum absolute atomic E-state index is 11.8. The summed E-state index contributed by atoms with van der Waals surface area (Å²) in [7, 11) is 0.